The lowest BCUT2D eigenvalue weighted by atomic mass is 9.76. The minimum atomic E-state index is -1.52. The van der Waals surface area contributed by atoms with Gasteiger partial charge < -0.3 is 10.2 Å². The highest BCUT2D eigenvalue weighted by molar-refractivity contribution is 5.75. The molecule has 5 nitrogen and oxygen atoms in total. The Labute approximate surface area is 104 Å². The molecule has 1 aromatic rings. The van der Waals surface area contributed by atoms with Crippen LogP contribution in [-0.2, 0) is 15.0 Å². The van der Waals surface area contributed by atoms with Crippen molar-refractivity contribution >= 4 is 11.9 Å². The lowest BCUT2D eigenvalue weighted by Crippen LogP contribution is -2.30. The number of aliphatic carboxylic acids is 2. The van der Waals surface area contributed by atoms with Gasteiger partial charge in [-0.25, -0.2) is 0 Å². The maximum absolute atomic E-state index is 10.9. The fraction of sp³-hybridized carbons (Fsp3) is 0.308. The van der Waals surface area contributed by atoms with Crippen LogP contribution in [0, 0.1) is 18.3 Å². The predicted octanol–water partition coefficient (Wildman–Crippen LogP) is 1.71. The van der Waals surface area contributed by atoms with Gasteiger partial charge in [-0.05, 0) is 12.5 Å². The van der Waals surface area contributed by atoms with Gasteiger partial charge in [0.25, 0.3) is 0 Å². The van der Waals surface area contributed by atoms with E-state index < -0.39 is 30.2 Å². The summed E-state index contributed by atoms with van der Waals surface area (Å²) in [5, 5.41) is 27.0. The number of hydrogen-bond acceptors (Lipinski definition) is 3. The highest BCUT2D eigenvalue weighted by atomic mass is 16.4. The Kier molecular flexibility index (Phi) is 4.05. The van der Waals surface area contributed by atoms with Crippen LogP contribution in [0.2, 0.25) is 0 Å². The summed E-state index contributed by atoms with van der Waals surface area (Å²) in [6.45, 7) is 1.80. The fourth-order valence-electron chi connectivity index (χ4n) is 1.87. The van der Waals surface area contributed by atoms with Crippen LogP contribution in [0.25, 0.3) is 0 Å². The summed E-state index contributed by atoms with van der Waals surface area (Å²) in [7, 11) is 0. The zero-order valence-corrected chi connectivity index (χ0v) is 9.88. The second-order valence-corrected chi connectivity index (χ2v) is 4.20. The van der Waals surface area contributed by atoms with Gasteiger partial charge in [0.15, 0.2) is 0 Å². The minimum absolute atomic E-state index is 0.426. The monoisotopic (exact) mass is 247 g/mol. The molecular weight excluding hydrogens is 234 g/mol. The van der Waals surface area contributed by atoms with Crippen molar-refractivity contribution in [2.75, 3.05) is 0 Å². The maximum Gasteiger partial charge on any atom is 0.305 e. The SMILES string of the molecule is Cc1cccc(C(C#N)(CC(=O)O)CC(=O)O)c1. The van der Waals surface area contributed by atoms with Crippen LogP contribution in [0.3, 0.4) is 0 Å². The molecule has 0 aliphatic carbocycles. The van der Waals surface area contributed by atoms with E-state index in [-0.39, 0.29) is 0 Å². The number of hydrogen-bond donors (Lipinski definition) is 2. The molecule has 0 heterocycles. The molecule has 5 heteroatoms. The molecule has 0 saturated carbocycles. The van der Waals surface area contributed by atoms with E-state index in [2.05, 4.69) is 0 Å². The summed E-state index contributed by atoms with van der Waals surface area (Å²) in [5.41, 5.74) is -0.248. The van der Waals surface area contributed by atoms with Crippen LogP contribution in [0.15, 0.2) is 24.3 Å². The zero-order valence-electron chi connectivity index (χ0n) is 9.88. The average molecular weight is 247 g/mol. The molecule has 1 rings (SSSR count). The number of nitrogens with zero attached hydrogens (tertiary/aromatic N) is 1. The minimum Gasteiger partial charge on any atom is -0.481 e. The molecule has 0 fully saturated rings. The van der Waals surface area contributed by atoms with Crippen LogP contribution < -0.4 is 0 Å². The fourth-order valence-corrected chi connectivity index (χ4v) is 1.87. The summed E-state index contributed by atoms with van der Waals surface area (Å²) >= 11 is 0. The zero-order chi connectivity index (χ0) is 13.8. The molecule has 0 spiro atoms. The van der Waals surface area contributed by atoms with Crippen molar-refractivity contribution < 1.29 is 19.8 Å². The summed E-state index contributed by atoms with van der Waals surface area (Å²) < 4.78 is 0. The highest BCUT2D eigenvalue weighted by Crippen LogP contribution is 2.32. The van der Waals surface area contributed by atoms with Crippen LogP contribution >= 0.6 is 0 Å². The topological polar surface area (TPSA) is 98.4 Å². The standard InChI is InChI=1S/C13H13NO4/c1-9-3-2-4-10(5-9)13(8-14,6-11(15)16)7-12(17)18/h2-5H,6-7H2,1H3,(H,15,16)(H,17,18). The molecule has 0 atom stereocenters. The summed E-state index contributed by atoms with van der Waals surface area (Å²) in [6.07, 6.45) is -1.06. The third-order valence-electron chi connectivity index (χ3n) is 2.69. The first kappa shape index (κ1) is 13.7. The van der Waals surface area contributed by atoms with Crippen LogP contribution in [0.1, 0.15) is 24.0 Å². The quantitative estimate of drug-likeness (QED) is 0.825. The lowest BCUT2D eigenvalue weighted by Gasteiger charge is -2.23. The van der Waals surface area contributed by atoms with Crippen LogP contribution in [0.4, 0.5) is 0 Å². The highest BCUT2D eigenvalue weighted by Gasteiger charge is 2.37. The van der Waals surface area contributed by atoms with Crippen molar-refractivity contribution in [2.45, 2.75) is 25.2 Å². The largest absolute Gasteiger partial charge is 0.481 e. The van der Waals surface area contributed by atoms with Gasteiger partial charge >= 0.3 is 11.9 Å². The Hall–Kier alpha value is -2.35. The van der Waals surface area contributed by atoms with Gasteiger partial charge in [-0.3, -0.25) is 9.59 Å². The van der Waals surface area contributed by atoms with Gasteiger partial charge in [0.2, 0.25) is 0 Å². The first-order valence-corrected chi connectivity index (χ1v) is 5.31. The van der Waals surface area contributed by atoms with Crippen molar-refractivity contribution in [1.29, 1.82) is 5.26 Å². The smallest absolute Gasteiger partial charge is 0.305 e. The second kappa shape index (κ2) is 5.32. The van der Waals surface area contributed by atoms with Crippen molar-refractivity contribution in [3.8, 4) is 6.07 Å². The Morgan fingerprint density at radius 1 is 1.28 bits per heavy atom. The number of carboxylic acid groups (broad SMARTS) is 2. The molecule has 0 unspecified atom stereocenters. The molecule has 0 radical (unpaired) electrons. The van der Waals surface area contributed by atoms with E-state index in [9.17, 15) is 14.9 Å². The van der Waals surface area contributed by atoms with E-state index in [0.717, 1.165) is 5.56 Å². The van der Waals surface area contributed by atoms with E-state index in [0.29, 0.717) is 5.56 Å². The molecule has 0 saturated heterocycles. The van der Waals surface area contributed by atoms with Gasteiger partial charge in [0.05, 0.1) is 18.9 Å². The van der Waals surface area contributed by atoms with Gasteiger partial charge in [-0.1, -0.05) is 29.8 Å². The Balaban J connectivity index is 3.30. The summed E-state index contributed by atoms with van der Waals surface area (Å²) in [4.78, 5) is 21.7. The van der Waals surface area contributed by atoms with E-state index >= 15 is 0 Å². The molecule has 0 bridgehead atoms. The Morgan fingerprint density at radius 3 is 2.22 bits per heavy atom. The molecule has 2 N–H and O–H groups in total. The third kappa shape index (κ3) is 3.08. The third-order valence-corrected chi connectivity index (χ3v) is 2.69. The number of aryl methyl sites for hydroxylation is 1. The summed E-state index contributed by atoms with van der Waals surface area (Å²) in [5.74, 6) is -2.39. The Morgan fingerprint density at radius 2 is 1.83 bits per heavy atom. The van der Waals surface area contributed by atoms with Crippen molar-refractivity contribution in [3.05, 3.63) is 35.4 Å². The van der Waals surface area contributed by atoms with Gasteiger partial charge in [0, 0.05) is 0 Å². The number of nitriles is 1. The first-order valence-electron chi connectivity index (χ1n) is 5.31. The number of benzene rings is 1. The van der Waals surface area contributed by atoms with Crippen LogP contribution in [0.5, 0.6) is 0 Å². The molecule has 0 aliphatic heterocycles. The van der Waals surface area contributed by atoms with Crippen molar-refractivity contribution in [1.82, 2.24) is 0 Å². The van der Waals surface area contributed by atoms with E-state index in [1.807, 2.05) is 6.07 Å². The number of carbonyl (C=O) groups is 2. The Bertz CT molecular complexity index is 500. The van der Waals surface area contributed by atoms with Gasteiger partial charge in [-0.15, -0.1) is 0 Å². The molecule has 18 heavy (non-hydrogen) atoms. The predicted molar refractivity (Wildman–Crippen MR) is 63.0 cm³/mol. The number of carboxylic acids is 2. The molecule has 0 aromatic heterocycles. The van der Waals surface area contributed by atoms with Gasteiger partial charge in [-0.2, -0.15) is 5.26 Å². The van der Waals surface area contributed by atoms with E-state index in [4.69, 9.17) is 10.2 Å². The van der Waals surface area contributed by atoms with Gasteiger partial charge in [0.1, 0.15) is 5.41 Å². The summed E-state index contributed by atoms with van der Waals surface area (Å²) in [6, 6.07) is 8.57. The molecular formula is C13H13NO4. The molecule has 0 amide bonds. The number of rotatable bonds is 5. The second-order valence-electron chi connectivity index (χ2n) is 4.20. The molecule has 0 aliphatic rings. The lowest BCUT2D eigenvalue weighted by molar-refractivity contribution is -0.140. The first-order chi connectivity index (χ1) is 8.39. The normalized spacial score (nSPS) is 10.7. The van der Waals surface area contributed by atoms with Crippen molar-refractivity contribution in [2.24, 2.45) is 0 Å². The van der Waals surface area contributed by atoms with E-state index in [1.54, 1.807) is 31.2 Å². The van der Waals surface area contributed by atoms with Crippen molar-refractivity contribution in [3.63, 3.8) is 0 Å². The van der Waals surface area contributed by atoms with E-state index in [1.165, 1.54) is 0 Å². The van der Waals surface area contributed by atoms with Crippen LogP contribution in [-0.4, -0.2) is 22.2 Å². The molecule has 94 valence electrons. The maximum atomic E-state index is 10.9. The molecule has 1 aromatic carbocycles. The average Bonchev–Trinajstić information content (AvgIpc) is 2.26.